The fourth-order valence-electron chi connectivity index (χ4n) is 3.76. The maximum Gasteiger partial charge on any atom is 0.322 e. The quantitative estimate of drug-likeness (QED) is 0.410. The summed E-state index contributed by atoms with van der Waals surface area (Å²) in [5.74, 6) is -2.92. The zero-order chi connectivity index (χ0) is 23.8. The summed E-state index contributed by atoms with van der Waals surface area (Å²) in [6.07, 6.45) is 0. The maximum absolute atomic E-state index is 11.9. The van der Waals surface area contributed by atoms with Crippen LogP contribution in [0.1, 0.15) is 25.2 Å². The van der Waals surface area contributed by atoms with Gasteiger partial charge in [-0.05, 0) is 33.0 Å². The first-order chi connectivity index (χ1) is 15.1. The number of hydrogen-bond acceptors (Lipinski definition) is 8. The van der Waals surface area contributed by atoms with Crippen LogP contribution in [0.3, 0.4) is 0 Å². The number of rotatable bonds is 8. The van der Waals surface area contributed by atoms with Gasteiger partial charge in [-0.15, -0.1) is 0 Å². The third-order valence-electron chi connectivity index (χ3n) is 5.88. The van der Waals surface area contributed by atoms with Crippen LogP contribution in [-0.2, 0) is 27.5 Å². The molecule has 1 aromatic heterocycles. The third-order valence-corrected chi connectivity index (χ3v) is 5.88. The first-order valence-corrected chi connectivity index (χ1v) is 10.6. The third kappa shape index (κ3) is 6.95. The van der Waals surface area contributed by atoms with E-state index in [-0.39, 0.29) is 19.6 Å². The Morgan fingerprint density at radius 3 is 1.69 bits per heavy atom. The molecule has 0 spiro atoms. The number of fused-ring (bicyclic) bond motifs is 2. The maximum atomic E-state index is 11.9. The summed E-state index contributed by atoms with van der Waals surface area (Å²) in [6.45, 7) is 5.24. The van der Waals surface area contributed by atoms with Gasteiger partial charge in [0, 0.05) is 45.8 Å². The van der Waals surface area contributed by atoms with Crippen LogP contribution in [0.5, 0.6) is 0 Å². The van der Waals surface area contributed by atoms with Crippen molar-refractivity contribution < 1.29 is 29.7 Å². The van der Waals surface area contributed by atoms with Crippen molar-refractivity contribution >= 4 is 17.9 Å². The molecule has 0 saturated heterocycles. The highest BCUT2D eigenvalue weighted by molar-refractivity contribution is 5.74. The lowest BCUT2D eigenvalue weighted by Gasteiger charge is -2.35. The average molecular weight is 452 g/mol. The zero-order valence-electron chi connectivity index (χ0n) is 18.8. The molecule has 2 heterocycles. The van der Waals surface area contributed by atoms with Crippen LogP contribution in [0.4, 0.5) is 0 Å². The van der Waals surface area contributed by atoms with E-state index < -0.39 is 36.0 Å². The SMILES string of the molecule is CNCC(C(=O)O)N1CCN(C(C)C(=O)O)Cc2cccc(n2)CN(C(C)C(=O)O)CC1. The summed E-state index contributed by atoms with van der Waals surface area (Å²) >= 11 is 0. The Morgan fingerprint density at radius 2 is 1.31 bits per heavy atom. The summed E-state index contributed by atoms with van der Waals surface area (Å²) < 4.78 is 0. The number of pyridine rings is 1. The van der Waals surface area contributed by atoms with Crippen molar-refractivity contribution in [1.29, 1.82) is 0 Å². The van der Waals surface area contributed by atoms with Gasteiger partial charge in [0.05, 0.1) is 11.4 Å². The lowest BCUT2D eigenvalue weighted by Crippen LogP contribution is -2.53. The Balaban J connectivity index is 2.42. The molecule has 2 bridgehead atoms. The van der Waals surface area contributed by atoms with E-state index in [1.807, 2.05) is 6.07 Å². The van der Waals surface area contributed by atoms with E-state index in [1.165, 1.54) is 0 Å². The lowest BCUT2D eigenvalue weighted by molar-refractivity contribution is -0.146. The van der Waals surface area contributed by atoms with Gasteiger partial charge < -0.3 is 20.6 Å². The van der Waals surface area contributed by atoms with Crippen molar-refractivity contribution in [3.05, 3.63) is 29.6 Å². The smallest absolute Gasteiger partial charge is 0.322 e. The fourth-order valence-corrected chi connectivity index (χ4v) is 3.76. The lowest BCUT2D eigenvalue weighted by atomic mass is 10.1. The molecule has 0 amide bonds. The number of aromatic nitrogens is 1. The van der Waals surface area contributed by atoms with Crippen molar-refractivity contribution in [2.45, 2.75) is 45.1 Å². The summed E-state index contributed by atoms with van der Waals surface area (Å²) in [4.78, 5) is 45.2. The Bertz CT molecular complexity index is 757. The van der Waals surface area contributed by atoms with Gasteiger partial charge in [0.25, 0.3) is 0 Å². The number of carboxylic acid groups (broad SMARTS) is 3. The van der Waals surface area contributed by atoms with Crippen LogP contribution in [0.2, 0.25) is 0 Å². The summed E-state index contributed by atoms with van der Waals surface area (Å²) in [6, 6.07) is 3.06. The van der Waals surface area contributed by atoms with Gasteiger partial charge in [0.1, 0.15) is 18.1 Å². The molecule has 0 aromatic carbocycles. The molecule has 11 heteroatoms. The monoisotopic (exact) mass is 451 g/mol. The highest BCUT2D eigenvalue weighted by Gasteiger charge is 2.30. The first kappa shape index (κ1) is 25.7. The molecule has 1 aliphatic heterocycles. The molecule has 0 saturated carbocycles. The van der Waals surface area contributed by atoms with E-state index in [4.69, 9.17) is 0 Å². The van der Waals surface area contributed by atoms with Crippen molar-refractivity contribution in [3.8, 4) is 0 Å². The van der Waals surface area contributed by atoms with Gasteiger partial charge in [0.2, 0.25) is 0 Å². The normalized spacial score (nSPS) is 19.8. The Labute approximate surface area is 187 Å². The molecule has 0 radical (unpaired) electrons. The minimum Gasteiger partial charge on any atom is -0.480 e. The molecule has 3 atom stereocenters. The van der Waals surface area contributed by atoms with E-state index in [1.54, 1.807) is 47.7 Å². The van der Waals surface area contributed by atoms with Gasteiger partial charge in [0.15, 0.2) is 0 Å². The second-order valence-electron chi connectivity index (χ2n) is 8.04. The Morgan fingerprint density at radius 1 is 0.875 bits per heavy atom. The van der Waals surface area contributed by atoms with E-state index in [0.717, 1.165) is 0 Å². The van der Waals surface area contributed by atoms with Crippen LogP contribution >= 0.6 is 0 Å². The molecule has 178 valence electrons. The second kappa shape index (κ2) is 11.9. The summed E-state index contributed by atoms with van der Waals surface area (Å²) in [5, 5.41) is 31.8. The molecule has 4 N–H and O–H groups in total. The highest BCUT2D eigenvalue weighted by atomic mass is 16.4. The van der Waals surface area contributed by atoms with Gasteiger partial charge in [-0.25, -0.2) is 0 Å². The molecule has 0 aliphatic carbocycles. The van der Waals surface area contributed by atoms with Crippen molar-refractivity contribution in [2.24, 2.45) is 0 Å². The molecule has 32 heavy (non-hydrogen) atoms. The van der Waals surface area contributed by atoms with Crippen molar-refractivity contribution in [3.63, 3.8) is 0 Å². The highest BCUT2D eigenvalue weighted by Crippen LogP contribution is 2.14. The number of nitrogens with zero attached hydrogens (tertiary/aromatic N) is 4. The Hall–Kier alpha value is -2.60. The van der Waals surface area contributed by atoms with Crippen LogP contribution in [0.25, 0.3) is 0 Å². The van der Waals surface area contributed by atoms with E-state index in [2.05, 4.69) is 10.3 Å². The number of aliphatic carboxylic acids is 3. The standard InChI is InChI=1S/C21H33N5O6/c1-14(19(27)28)25-9-7-24(18(11-22-3)21(31)32)8-10-26(15(2)20(29)30)13-17-6-4-5-16(12-25)23-17/h4-6,14-15,18,22H,7-13H2,1-3H3,(H,27,28)(H,29,30)(H,31,32). The number of carbonyl (C=O) groups is 3. The zero-order valence-corrected chi connectivity index (χ0v) is 18.8. The van der Waals surface area contributed by atoms with Gasteiger partial charge >= 0.3 is 17.9 Å². The minimum atomic E-state index is -0.992. The molecule has 1 aromatic rings. The molecule has 3 unspecified atom stereocenters. The predicted molar refractivity (Wildman–Crippen MR) is 116 cm³/mol. The molecule has 11 nitrogen and oxygen atoms in total. The van der Waals surface area contributed by atoms with Gasteiger partial charge in [-0.2, -0.15) is 0 Å². The van der Waals surface area contributed by atoms with Crippen molar-refractivity contribution in [2.75, 3.05) is 39.8 Å². The number of likely N-dealkylation sites (N-methyl/N-ethyl adjacent to an activating group) is 1. The minimum absolute atomic E-state index is 0.207. The van der Waals surface area contributed by atoms with E-state index in [9.17, 15) is 29.7 Å². The molecule has 0 fully saturated rings. The second-order valence-corrected chi connectivity index (χ2v) is 8.04. The topological polar surface area (TPSA) is 147 Å². The fraction of sp³-hybridized carbons (Fsp3) is 0.619. The van der Waals surface area contributed by atoms with Gasteiger partial charge in [-0.3, -0.25) is 34.1 Å². The van der Waals surface area contributed by atoms with Crippen molar-refractivity contribution in [1.82, 2.24) is 25.0 Å². The molecule has 1 aliphatic rings. The number of hydrogen-bond donors (Lipinski definition) is 4. The molecular formula is C21H33N5O6. The number of nitrogens with one attached hydrogen (secondary N) is 1. The first-order valence-electron chi connectivity index (χ1n) is 10.6. The molecule has 2 rings (SSSR count). The van der Waals surface area contributed by atoms with Crippen LogP contribution in [0, 0.1) is 0 Å². The molecular weight excluding hydrogens is 418 g/mol. The van der Waals surface area contributed by atoms with Crippen LogP contribution in [-0.4, -0.2) is 111 Å². The summed E-state index contributed by atoms with van der Waals surface area (Å²) in [5.41, 5.74) is 1.35. The Kier molecular flexibility index (Phi) is 9.51. The van der Waals surface area contributed by atoms with Crippen LogP contribution in [0.15, 0.2) is 18.2 Å². The van der Waals surface area contributed by atoms with Gasteiger partial charge in [-0.1, -0.05) is 6.07 Å². The predicted octanol–water partition coefficient (Wildman–Crippen LogP) is -0.380. The summed E-state index contributed by atoms with van der Waals surface area (Å²) in [7, 11) is 1.67. The van der Waals surface area contributed by atoms with E-state index in [0.29, 0.717) is 37.6 Å². The average Bonchev–Trinajstić information content (AvgIpc) is 2.74. The number of carboxylic acids is 3. The van der Waals surface area contributed by atoms with Crippen LogP contribution < -0.4 is 5.32 Å². The largest absolute Gasteiger partial charge is 0.480 e. The van der Waals surface area contributed by atoms with E-state index >= 15 is 0 Å².